The third-order valence-corrected chi connectivity index (χ3v) is 6.48. The highest BCUT2D eigenvalue weighted by Crippen LogP contribution is 2.27. The lowest BCUT2D eigenvalue weighted by Gasteiger charge is -2.18. The van der Waals surface area contributed by atoms with Crippen LogP contribution in [0.2, 0.25) is 0 Å². The fraction of sp³-hybridized carbons (Fsp3) is 0.156. The smallest absolute Gasteiger partial charge is 0.323 e. The average molecular weight is 582 g/mol. The van der Waals surface area contributed by atoms with Crippen LogP contribution in [0.1, 0.15) is 39.5 Å². The van der Waals surface area contributed by atoms with Crippen LogP contribution in [0.3, 0.4) is 0 Å². The Labute approximate surface area is 248 Å². The zero-order valence-corrected chi connectivity index (χ0v) is 23.6. The van der Waals surface area contributed by atoms with Crippen molar-refractivity contribution >= 4 is 40.9 Å². The van der Waals surface area contributed by atoms with Gasteiger partial charge in [0, 0.05) is 23.8 Å². The zero-order chi connectivity index (χ0) is 30.8. The molecule has 1 unspecified atom stereocenters. The minimum absolute atomic E-state index is 0.0383. The number of nitrogens with zero attached hydrogens (tertiary/aromatic N) is 1. The van der Waals surface area contributed by atoms with E-state index in [0.717, 1.165) is 5.56 Å². The van der Waals surface area contributed by atoms with Gasteiger partial charge in [-0.05, 0) is 66.1 Å². The predicted molar refractivity (Wildman–Crippen MR) is 162 cm³/mol. The first-order chi connectivity index (χ1) is 20.7. The van der Waals surface area contributed by atoms with Crippen LogP contribution in [0.5, 0.6) is 5.75 Å². The first kappa shape index (κ1) is 30.3. The molecule has 0 aliphatic heterocycles. The number of hydrogen-bond acceptors (Lipinski definition) is 6. The second kappa shape index (κ2) is 14.3. The average Bonchev–Trinajstić information content (AvgIpc) is 2.99. The van der Waals surface area contributed by atoms with Crippen molar-refractivity contribution in [2.75, 3.05) is 23.1 Å². The van der Waals surface area contributed by atoms with Crippen molar-refractivity contribution in [2.45, 2.75) is 25.8 Å². The summed E-state index contributed by atoms with van der Waals surface area (Å²) in [5.74, 6) is -1.41. The fourth-order valence-corrected chi connectivity index (χ4v) is 4.29. The van der Waals surface area contributed by atoms with E-state index in [4.69, 9.17) is 4.74 Å². The number of carboxylic acids is 1. The van der Waals surface area contributed by atoms with Crippen molar-refractivity contribution in [1.82, 2.24) is 10.3 Å². The van der Waals surface area contributed by atoms with Crippen LogP contribution in [-0.4, -0.2) is 41.0 Å². The SMILES string of the molecule is COc1cc(CC(=O)Nc2ccc(C(CC(=O)O)NC(=O)c3cccnc3)cc2)ccc1NC(=O)Nc1ccccc1C. The van der Waals surface area contributed by atoms with Crippen LogP contribution in [0, 0.1) is 6.92 Å². The molecule has 0 aliphatic rings. The van der Waals surface area contributed by atoms with E-state index >= 15 is 0 Å². The van der Waals surface area contributed by atoms with Crippen molar-refractivity contribution in [1.29, 1.82) is 0 Å². The molecular weight excluding hydrogens is 550 g/mol. The number of pyridine rings is 1. The summed E-state index contributed by atoms with van der Waals surface area (Å²) in [4.78, 5) is 53.2. The first-order valence-corrected chi connectivity index (χ1v) is 13.3. The number of carboxylic acid groups (broad SMARTS) is 1. The molecule has 1 atom stereocenters. The molecular formula is C32H31N5O6. The van der Waals surface area contributed by atoms with Gasteiger partial charge in [-0.15, -0.1) is 0 Å². The van der Waals surface area contributed by atoms with Gasteiger partial charge in [-0.1, -0.05) is 36.4 Å². The van der Waals surface area contributed by atoms with Crippen LogP contribution < -0.4 is 26.0 Å². The molecule has 43 heavy (non-hydrogen) atoms. The Morgan fingerprint density at radius 1 is 0.884 bits per heavy atom. The summed E-state index contributed by atoms with van der Waals surface area (Å²) in [6.45, 7) is 1.89. The van der Waals surface area contributed by atoms with E-state index in [-0.39, 0.29) is 18.7 Å². The van der Waals surface area contributed by atoms with Gasteiger partial charge in [0.2, 0.25) is 5.91 Å². The fourth-order valence-electron chi connectivity index (χ4n) is 4.29. The second-order valence-corrected chi connectivity index (χ2v) is 9.64. The number of benzene rings is 3. The zero-order valence-electron chi connectivity index (χ0n) is 23.6. The molecule has 3 aromatic carbocycles. The van der Waals surface area contributed by atoms with Crippen LogP contribution in [0.15, 0.2) is 91.3 Å². The number of carbonyl (C=O) groups is 4. The molecule has 0 aliphatic carbocycles. The Morgan fingerprint density at radius 3 is 2.30 bits per heavy atom. The Bertz CT molecular complexity index is 1610. The molecule has 0 spiro atoms. The number of ether oxygens (including phenoxy) is 1. The third-order valence-electron chi connectivity index (χ3n) is 6.48. The Balaban J connectivity index is 1.36. The number of urea groups is 1. The molecule has 4 rings (SSSR count). The Morgan fingerprint density at radius 2 is 1.63 bits per heavy atom. The Kier molecular flexibility index (Phi) is 10.0. The maximum Gasteiger partial charge on any atom is 0.323 e. The van der Waals surface area contributed by atoms with E-state index in [0.29, 0.717) is 39.5 Å². The van der Waals surface area contributed by atoms with E-state index < -0.39 is 23.9 Å². The van der Waals surface area contributed by atoms with Gasteiger partial charge in [0.05, 0.1) is 37.2 Å². The monoisotopic (exact) mass is 581 g/mol. The number of aromatic nitrogens is 1. The lowest BCUT2D eigenvalue weighted by atomic mass is 10.0. The summed E-state index contributed by atoms with van der Waals surface area (Å²) in [5, 5.41) is 20.5. The van der Waals surface area contributed by atoms with Crippen LogP contribution in [0.25, 0.3) is 0 Å². The molecule has 4 amide bonds. The van der Waals surface area contributed by atoms with E-state index in [1.54, 1.807) is 60.7 Å². The lowest BCUT2D eigenvalue weighted by Crippen LogP contribution is -2.30. The molecule has 11 nitrogen and oxygen atoms in total. The summed E-state index contributed by atoms with van der Waals surface area (Å²) < 4.78 is 5.43. The normalized spacial score (nSPS) is 11.1. The van der Waals surface area contributed by atoms with Crippen molar-refractivity contribution in [3.63, 3.8) is 0 Å². The summed E-state index contributed by atoms with van der Waals surface area (Å²) >= 11 is 0. The quantitative estimate of drug-likeness (QED) is 0.163. The maximum atomic E-state index is 12.8. The third kappa shape index (κ3) is 8.64. The van der Waals surface area contributed by atoms with Gasteiger partial charge in [0.25, 0.3) is 5.91 Å². The van der Waals surface area contributed by atoms with Gasteiger partial charge in [-0.25, -0.2) is 4.79 Å². The van der Waals surface area contributed by atoms with Gasteiger partial charge >= 0.3 is 12.0 Å². The standard InChI is InChI=1S/C32H31N5O6/c1-20-6-3-4-8-25(20)36-32(42)37-26-14-9-21(16-28(26)43-2)17-29(38)34-24-12-10-22(11-13-24)27(18-30(39)40)35-31(41)23-7-5-15-33-19-23/h3-16,19,27H,17-18H2,1-2H3,(H,34,38)(H,35,41)(H,39,40)(H2,36,37,42). The van der Waals surface area contributed by atoms with Crippen LogP contribution in [0.4, 0.5) is 21.9 Å². The Hall–Kier alpha value is -5.71. The highest BCUT2D eigenvalue weighted by molar-refractivity contribution is 6.01. The van der Waals surface area contributed by atoms with Gasteiger partial charge in [-0.3, -0.25) is 19.4 Å². The molecule has 0 saturated carbocycles. The minimum Gasteiger partial charge on any atom is -0.495 e. The molecule has 0 radical (unpaired) electrons. The number of carbonyl (C=O) groups excluding carboxylic acids is 3. The number of amides is 4. The minimum atomic E-state index is -1.07. The van der Waals surface area contributed by atoms with Gasteiger partial charge < -0.3 is 31.1 Å². The lowest BCUT2D eigenvalue weighted by molar-refractivity contribution is -0.137. The molecule has 0 bridgehead atoms. The molecule has 0 fully saturated rings. The topological polar surface area (TPSA) is 159 Å². The number of aryl methyl sites for hydroxylation is 1. The number of hydrogen-bond donors (Lipinski definition) is 5. The molecule has 0 saturated heterocycles. The highest BCUT2D eigenvalue weighted by atomic mass is 16.5. The van der Waals surface area contributed by atoms with E-state index in [1.807, 2.05) is 25.1 Å². The van der Waals surface area contributed by atoms with E-state index in [9.17, 15) is 24.3 Å². The largest absolute Gasteiger partial charge is 0.495 e. The number of anilines is 3. The number of methoxy groups -OCH3 is 1. The first-order valence-electron chi connectivity index (χ1n) is 13.3. The van der Waals surface area contributed by atoms with Crippen molar-refractivity contribution < 1.29 is 29.0 Å². The van der Waals surface area contributed by atoms with E-state index in [2.05, 4.69) is 26.3 Å². The number of para-hydroxylation sites is 1. The maximum absolute atomic E-state index is 12.8. The highest BCUT2D eigenvalue weighted by Gasteiger charge is 2.19. The summed E-state index contributed by atoms with van der Waals surface area (Å²) in [5.41, 5.74) is 4.10. The molecule has 5 N–H and O–H groups in total. The molecule has 11 heteroatoms. The number of rotatable bonds is 11. The summed E-state index contributed by atoms with van der Waals surface area (Å²) in [7, 11) is 1.47. The van der Waals surface area contributed by atoms with Crippen molar-refractivity contribution in [2.24, 2.45) is 0 Å². The van der Waals surface area contributed by atoms with Crippen molar-refractivity contribution in [3.05, 3.63) is 114 Å². The van der Waals surface area contributed by atoms with Gasteiger partial charge in [0.1, 0.15) is 5.75 Å². The summed E-state index contributed by atoms with van der Waals surface area (Å²) in [6, 6.07) is 21.0. The van der Waals surface area contributed by atoms with Crippen molar-refractivity contribution in [3.8, 4) is 5.75 Å². The van der Waals surface area contributed by atoms with Gasteiger partial charge in [0.15, 0.2) is 0 Å². The van der Waals surface area contributed by atoms with Crippen LogP contribution in [-0.2, 0) is 16.0 Å². The molecule has 1 aromatic heterocycles. The number of aliphatic carboxylic acids is 1. The molecule has 1 heterocycles. The molecule has 4 aromatic rings. The van der Waals surface area contributed by atoms with E-state index in [1.165, 1.54) is 19.5 Å². The van der Waals surface area contributed by atoms with Gasteiger partial charge in [-0.2, -0.15) is 0 Å². The van der Waals surface area contributed by atoms with Crippen LogP contribution >= 0.6 is 0 Å². The molecule has 220 valence electrons. The second-order valence-electron chi connectivity index (χ2n) is 9.64. The predicted octanol–water partition coefficient (Wildman–Crippen LogP) is 5.17. The summed E-state index contributed by atoms with van der Waals surface area (Å²) in [6.07, 6.45) is 2.65. The number of nitrogens with one attached hydrogen (secondary N) is 4.